The minimum atomic E-state index is -0.605. The van der Waals surface area contributed by atoms with Crippen molar-refractivity contribution in [3.63, 3.8) is 0 Å². The highest BCUT2D eigenvalue weighted by atomic mass is 19.1. The van der Waals surface area contributed by atoms with Crippen LogP contribution in [0.1, 0.15) is 85.2 Å². The number of amides is 2. The molecule has 1 atom stereocenters. The first kappa shape index (κ1) is 31.8. The lowest BCUT2D eigenvalue weighted by molar-refractivity contribution is 0.0523. The van der Waals surface area contributed by atoms with Gasteiger partial charge in [0.1, 0.15) is 22.9 Å². The number of benzene rings is 3. The predicted octanol–water partition coefficient (Wildman–Crippen LogP) is 7.93. The van der Waals surface area contributed by atoms with Gasteiger partial charge >= 0.3 is 6.09 Å². The Balaban J connectivity index is 1.37. The Hall–Kier alpha value is -4.66. The van der Waals surface area contributed by atoms with E-state index in [1.807, 2.05) is 42.5 Å². The molecule has 45 heavy (non-hydrogen) atoms. The summed E-state index contributed by atoms with van der Waals surface area (Å²) < 4.78 is 27.5. The van der Waals surface area contributed by atoms with E-state index < -0.39 is 23.4 Å². The number of aromatic nitrogens is 2. The molecule has 4 aromatic rings. The summed E-state index contributed by atoms with van der Waals surface area (Å²) >= 11 is 0. The highest BCUT2D eigenvalue weighted by molar-refractivity contribution is 6.03. The molecule has 2 amide bonds. The maximum atomic E-state index is 15.2. The number of hydrogen-bond acceptors (Lipinski definition) is 5. The highest BCUT2D eigenvalue weighted by Crippen LogP contribution is 2.40. The Morgan fingerprint density at radius 2 is 1.78 bits per heavy atom. The van der Waals surface area contributed by atoms with E-state index in [4.69, 9.17) is 9.47 Å². The second-order valence-electron chi connectivity index (χ2n) is 12.7. The number of aryl methyl sites for hydroxylation is 1. The molecule has 3 aromatic carbocycles. The molecule has 0 aliphatic heterocycles. The van der Waals surface area contributed by atoms with Gasteiger partial charge in [0, 0.05) is 12.5 Å². The van der Waals surface area contributed by atoms with Crippen molar-refractivity contribution < 1.29 is 23.5 Å². The maximum absolute atomic E-state index is 15.2. The summed E-state index contributed by atoms with van der Waals surface area (Å²) in [4.78, 5) is 25.8. The summed E-state index contributed by atoms with van der Waals surface area (Å²) in [5.74, 6) is 0.541. The molecule has 8 nitrogen and oxygen atoms in total. The van der Waals surface area contributed by atoms with Crippen LogP contribution >= 0.6 is 0 Å². The zero-order chi connectivity index (χ0) is 32.1. The van der Waals surface area contributed by atoms with Gasteiger partial charge in [0.05, 0.1) is 24.2 Å². The van der Waals surface area contributed by atoms with Crippen LogP contribution < -0.4 is 15.4 Å². The lowest BCUT2D eigenvalue weighted by atomic mass is 9.86. The van der Waals surface area contributed by atoms with Crippen molar-refractivity contribution in [3.05, 3.63) is 107 Å². The van der Waals surface area contributed by atoms with Gasteiger partial charge in [-0.2, -0.15) is 5.10 Å². The van der Waals surface area contributed by atoms with Crippen LogP contribution in [-0.2, 0) is 11.3 Å². The number of nitrogens with one attached hydrogen (secondary N) is 2. The van der Waals surface area contributed by atoms with Gasteiger partial charge in [-0.05, 0) is 106 Å². The molecule has 1 fully saturated rings. The van der Waals surface area contributed by atoms with E-state index >= 15 is 4.39 Å². The monoisotopic (exact) mass is 612 g/mol. The third kappa shape index (κ3) is 8.50. The van der Waals surface area contributed by atoms with Crippen LogP contribution in [0.15, 0.2) is 72.8 Å². The van der Waals surface area contributed by atoms with E-state index in [1.165, 1.54) is 23.6 Å². The predicted molar refractivity (Wildman–Crippen MR) is 173 cm³/mol. The minimum Gasteiger partial charge on any atom is -0.497 e. The third-order valence-electron chi connectivity index (χ3n) is 7.75. The first-order chi connectivity index (χ1) is 21.5. The van der Waals surface area contributed by atoms with Gasteiger partial charge in [0.25, 0.3) is 5.91 Å². The van der Waals surface area contributed by atoms with E-state index in [9.17, 15) is 9.59 Å². The van der Waals surface area contributed by atoms with Crippen molar-refractivity contribution in [2.75, 3.05) is 12.4 Å². The topological polar surface area (TPSA) is 94.5 Å². The molecule has 1 aliphatic rings. The average Bonchev–Trinajstić information content (AvgIpc) is 3.75. The maximum Gasteiger partial charge on any atom is 0.407 e. The van der Waals surface area contributed by atoms with Crippen LogP contribution in [0.25, 0.3) is 5.69 Å². The van der Waals surface area contributed by atoms with Crippen molar-refractivity contribution in [1.29, 1.82) is 0 Å². The van der Waals surface area contributed by atoms with Crippen LogP contribution in [0.3, 0.4) is 0 Å². The van der Waals surface area contributed by atoms with Gasteiger partial charge in [-0.25, -0.2) is 13.9 Å². The first-order valence-corrected chi connectivity index (χ1v) is 15.4. The fourth-order valence-electron chi connectivity index (χ4n) is 5.38. The fourth-order valence-corrected chi connectivity index (χ4v) is 5.38. The van der Waals surface area contributed by atoms with Crippen molar-refractivity contribution in [2.45, 2.75) is 71.4 Å². The molecule has 5 rings (SSSR count). The number of carbonyl (C=O) groups excluding carboxylic acids is 2. The van der Waals surface area contributed by atoms with Crippen LogP contribution in [0, 0.1) is 18.7 Å². The first-order valence-electron chi connectivity index (χ1n) is 15.4. The quantitative estimate of drug-likeness (QED) is 0.179. The molecule has 0 saturated heterocycles. The number of alkyl carbamates (subject to hydrolysis) is 1. The van der Waals surface area contributed by atoms with Crippen LogP contribution in [0.2, 0.25) is 0 Å². The molecule has 1 heterocycles. The molecule has 1 saturated carbocycles. The molecular weight excluding hydrogens is 571 g/mol. The van der Waals surface area contributed by atoms with Crippen molar-refractivity contribution in [2.24, 2.45) is 5.92 Å². The molecule has 1 aliphatic carbocycles. The van der Waals surface area contributed by atoms with Gasteiger partial charge in [0.2, 0.25) is 0 Å². The van der Waals surface area contributed by atoms with Gasteiger partial charge in [-0.3, -0.25) is 4.79 Å². The Bertz CT molecular complexity index is 1670. The number of halogens is 1. The molecule has 2 N–H and O–H groups in total. The van der Waals surface area contributed by atoms with E-state index in [0.717, 1.165) is 41.2 Å². The Morgan fingerprint density at radius 1 is 1.02 bits per heavy atom. The molecule has 236 valence electrons. The summed E-state index contributed by atoms with van der Waals surface area (Å²) in [5, 5.41) is 10.1. The molecular formula is C36H41FN4O4. The fraction of sp³-hybridized carbons (Fsp3) is 0.361. The summed E-state index contributed by atoms with van der Waals surface area (Å²) in [6, 6.07) is 21.9. The number of nitrogens with zero attached hydrogens (tertiary/aromatic N) is 2. The number of anilines is 1. The lowest BCUT2D eigenvalue weighted by Crippen LogP contribution is -2.32. The number of rotatable bonds is 11. The van der Waals surface area contributed by atoms with Crippen molar-refractivity contribution >= 4 is 17.7 Å². The number of hydrogen-bond donors (Lipinski definition) is 2. The summed E-state index contributed by atoms with van der Waals surface area (Å²) in [6.45, 7) is 7.43. The van der Waals surface area contributed by atoms with Gasteiger partial charge in [-0.15, -0.1) is 0 Å². The molecule has 9 heteroatoms. The SMILES string of the molecule is COc1cccc(C(CCC2CC2)c2ccc(F)c(NC(=O)c3cc(C)nn3-c3cccc(CNC(=O)OC(C)(C)C)c3)c2)c1. The zero-order valence-corrected chi connectivity index (χ0v) is 26.5. The second-order valence-corrected chi connectivity index (χ2v) is 12.7. The summed E-state index contributed by atoms with van der Waals surface area (Å²) in [7, 11) is 1.65. The number of carbonyl (C=O) groups is 2. The molecule has 0 spiro atoms. The normalized spacial score (nSPS) is 13.6. The Labute approximate surface area is 263 Å². The van der Waals surface area contributed by atoms with E-state index in [-0.39, 0.29) is 23.8 Å². The number of methoxy groups -OCH3 is 1. The minimum absolute atomic E-state index is 0.0294. The number of ether oxygens (including phenoxy) is 2. The summed E-state index contributed by atoms with van der Waals surface area (Å²) in [5.41, 5.74) is 3.83. The van der Waals surface area contributed by atoms with Crippen molar-refractivity contribution in [1.82, 2.24) is 15.1 Å². The van der Waals surface area contributed by atoms with Gasteiger partial charge < -0.3 is 20.1 Å². The average molecular weight is 613 g/mol. The van der Waals surface area contributed by atoms with Crippen LogP contribution in [0.4, 0.5) is 14.9 Å². The third-order valence-corrected chi connectivity index (χ3v) is 7.75. The highest BCUT2D eigenvalue weighted by Gasteiger charge is 2.25. The lowest BCUT2D eigenvalue weighted by Gasteiger charge is -2.20. The molecule has 1 aromatic heterocycles. The van der Waals surface area contributed by atoms with E-state index in [2.05, 4.69) is 21.8 Å². The Morgan fingerprint density at radius 3 is 2.51 bits per heavy atom. The van der Waals surface area contributed by atoms with E-state index in [0.29, 0.717) is 11.4 Å². The van der Waals surface area contributed by atoms with Gasteiger partial charge in [-0.1, -0.05) is 43.2 Å². The van der Waals surface area contributed by atoms with Gasteiger partial charge in [0.15, 0.2) is 0 Å². The van der Waals surface area contributed by atoms with Crippen LogP contribution in [-0.4, -0.2) is 34.5 Å². The molecule has 0 bridgehead atoms. The van der Waals surface area contributed by atoms with E-state index in [1.54, 1.807) is 53.0 Å². The second kappa shape index (κ2) is 13.5. The summed E-state index contributed by atoms with van der Waals surface area (Å²) in [6.07, 6.45) is 4.00. The largest absolute Gasteiger partial charge is 0.497 e. The molecule has 0 radical (unpaired) electrons. The van der Waals surface area contributed by atoms with Crippen LogP contribution in [0.5, 0.6) is 5.75 Å². The Kier molecular flexibility index (Phi) is 9.56. The smallest absolute Gasteiger partial charge is 0.407 e. The zero-order valence-electron chi connectivity index (χ0n) is 26.5. The molecule has 1 unspecified atom stereocenters. The standard InChI is InChI=1S/C36H41FN4O4/c1-23-18-33(41(40-23)28-10-6-8-25(19-28)22-38-35(43)45-36(2,3)4)34(42)39-32-21-27(15-17-31(32)37)30(16-14-24-12-13-24)26-9-7-11-29(20-26)44-5/h6-11,15,17-21,24,30H,12-14,16,22H2,1-5H3,(H,38,43)(H,39,42). The van der Waals surface area contributed by atoms with Crippen molar-refractivity contribution in [3.8, 4) is 11.4 Å².